The van der Waals surface area contributed by atoms with Crippen molar-refractivity contribution in [2.24, 2.45) is 0 Å². The Kier molecular flexibility index (Phi) is 7.17. The average molecular weight is 307 g/mol. The topological polar surface area (TPSA) is 27.7 Å². The molecule has 0 amide bonds. The summed E-state index contributed by atoms with van der Waals surface area (Å²) >= 11 is 3.39. The largest absolute Gasteiger partial charge is 0.332 e. The molecule has 1 rings (SSSR count). The quantitative estimate of drug-likeness (QED) is 0.704. The van der Waals surface area contributed by atoms with E-state index in [1.54, 1.807) is 0 Å². The van der Waals surface area contributed by atoms with E-state index in [4.69, 9.17) is 13.6 Å². The van der Waals surface area contributed by atoms with Crippen molar-refractivity contribution in [3.63, 3.8) is 0 Å². The second kappa shape index (κ2) is 8.15. The SMILES string of the molecule is CCOP(OCC)OCc1ccc(Br)cc1. The summed E-state index contributed by atoms with van der Waals surface area (Å²) in [6.07, 6.45) is 0. The molecule has 0 aliphatic carbocycles. The Labute approximate surface area is 106 Å². The molecule has 0 saturated carbocycles. The lowest BCUT2D eigenvalue weighted by Gasteiger charge is -2.14. The molecule has 0 atom stereocenters. The van der Waals surface area contributed by atoms with Crippen LogP contribution in [0.15, 0.2) is 28.7 Å². The smallest absolute Gasteiger partial charge is 0.313 e. The standard InChI is InChI=1S/C11H16BrO3P/c1-3-13-16(14-4-2)15-9-10-5-7-11(12)8-6-10/h5-8H,3-4,9H2,1-2H3. The van der Waals surface area contributed by atoms with Crippen molar-refractivity contribution in [1.82, 2.24) is 0 Å². The molecule has 0 aliphatic heterocycles. The Morgan fingerprint density at radius 3 is 2.06 bits per heavy atom. The lowest BCUT2D eigenvalue weighted by atomic mass is 10.2. The van der Waals surface area contributed by atoms with Crippen molar-refractivity contribution in [3.8, 4) is 0 Å². The summed E-state index contributed by atoms with van der Waals surface area (Å²) in [4.78, 5) is 0. The van der Waals surface area contributed by atoms with E-state index in [0.29, 0.717) is 19.8 Å². The summed E-state index contributed by atoms with van der Waals surface area (Å²) in [6.45, 7) is 5.58. The van der Waals surface area contributed by atoms with Gasteiger partial charge in [0.15, 0.2) is 0 Å². The van der Waals surface area contributed by atoms with E-state index in [1.165, 1.54) is 0 Å². The summed E-state index contributed by atoms with van der Waals surface area (Å²) in [7, 11) is -1.20. The number of benzene rings is 1. The van der Waals surface area contributed by atoms with Gasteiger partial charge in [-0.3, -0.25) is 0 Å². The van der Waals surface area contributed by atoms with Crippen LogP contribution in [0.25, 0.3) is 0 Å². The Hall–Kier alpha value is 0.0100. The van der Waals surface area contributed by atoms with E-state index in [9.17, 15) is 0 Å². The molecule has 0 aromatic heterocycles. The average Bonchev–Trinajstić information content (AvgIpc) is 2.29. The molecule has 16 heavy (non-hydrogen) atoms. The van der Waals surface area contributed by atoms with Crippen LogP contribution in [0.4, 0.5) is 0 Å². The molecule has 0 fully saturated rings. The highest BCUT2D eigenvalue weighted by Crippen LogP contribution is 2.40. The summed E-state index contributed by atoms with van der Waals surface area (Å²) in [5, 5.41) is 0. The zero-order valence-electron chi connectivity index (χ0n) is 9.48. The van der Waals surface area contributed by atoms with Crippen molar-refractivity contribution in [2.45, 2.75) is 20.5 Å². The highest BCUT2D eigenvalue weighted by molar-refractivity contribution is 9.10. The van der Waals surface area contributed by atoms with Crippen LogP contribution in [0.1, 0.15) is 19.4 Å². The zero-order chi connectivity index (χ0) is 11.8. The van der Waals surface area contributed by atoms with Crippen molar-refractivity contribution in [3.05, 3.63) is 34.3 Å². The third-order valence-electron chi connectivity index (χ3n) is 1.72. The zero-order valence-corrected chi connectivity index (χ0v) is 12.0. The van der Waals surface area contributed by atoms with Gasteiger partial charge in [-0.05, 0) is 31.5 Å². The van der Waals surface area contributed by atoms with Gasteiger partial charge in [-0.1, -0.05) is 28.1 Å². The highest BCUT2D eigenvalue weighted by Gasteiger charge is 2.10. The first-order valence-corrected chi connectivity index (χ1v) is 7.08. The molecule has 5 heteroatoms. The van der Waals surface area contributed by atoms with Gasteiger partial charge in [0.05, 0.1) is 19.8 Å². The van der Waals surface area contributed by atoms with E-state index >= 15 is 0 Å². The molecule has 0 radical (unpaired) electrons. The van der Waals surface area contributed by atoms with Crippen LogP contribution < -0.4 is 0 Å². The molecule has 3 nitrogen and oxygen atoms in total. The van der Waals surface area contributed by atoms with Gasteiger partial charge in [0.2, 0.25) is 0 Å². The van der Waals surface area contributed by atoms with E-state index in [1.807, 2.05) is 38.1 Å². The second-order valence-electron chi connectivity index (χ2n) is 2.96. The minimum atomic E-state index is -1.20. The predicted molar refractivity (Wildman–Crippen MR) is 69.1 cm³/mol. The van der Waals surface area contributed by atoms with E-state index in [2.05, 4.69) is 15.9 Å². The lowest BCUT2D eigenvalue weighted by Crippen LogP contribution is -1.95. The third-order valence-corrected chi connectivity index (χ3v) is 3.53. The van der Waals surface area contributed by atoms with Gasteiger partial charge < -0.3 is 13.6 Å². The van der Waals surface area contributed by atoms with Gasteiger partial charge in [-0.15, -0.1) is 0 Å². The number of rotatable bonds is 7. The maximum absolute atomic E-state index is 5.55. The number of hydrogen-bond acceptors (Lipinski definition) is 3. The van der Waals surface area contributed by atoms with Crippen LogP contribution in [0.3, 0.4) is 0 Å². The summed E-state index contributed by atoms with van der Waals surface area (Å²) in [5.41, 5.74) is 1.11. The molecule has 1 aromatic carbocycles. The van der Waals surface area contributed by atoms with Gasteiger partial charge in [-0.25, -0.2) is 0 Å². The molecule has 0 saturated heterocycles. The second-order valence-corrected chi connectivity index (χ2v) is 5.10. The number of halogens is 1. The fourth-order valence-electron chi connectivity index (χ4n) is 1.03. The fourth-order valence-corrected chi connectivity index (χ4v) is 2.19. The van der Waals surface area contributed by atoms with E-state index in [-0.39, 0.29) is 0 Å². The van der Waals surface area contributed by atoms with Crippen molar-refractivity contribution < 1.29 is 13.6 Å². The van der Waals surface area contributed by atoms with Crippen molar-refractivity contribution in [1.29, 1.82) is 0 Å². The van der Waals surface area contributed by atoms with Crippen LogP contribution in [0.5, 0.6) is 0 Å². The summed E-state index contributed by atoms with van der Waals surface area (Å²) < 4.78 is 17.3. The Morgan fingerprint density at radius 2 is 1.56 bits per heavy atom. The van der Waals surface area contributed by atoms with Gasteiger partial charge in [0, 0.05) is 4.47 Å². The molecular formula is C11H16BrO3P. The Bertz CT molecular complexity index is 286. The first-order chi connectivity index (χ1) is 7.76. The van der Waals surface area contributed by atoms with Gasteiger partial charge in [0.25, 0.3) is 0 Å². The van der Waals surface area contributed by atoms with Crippen LogP contribution >= 0.6 is 24.5 Å². The van der Waals surface area contributed by atoms with Crippen molar-refractivity contribution in [2.75, 3.05) is 13.2 Å². The van der Waals surface area contributed by atoms with Crippen molar-refractivity contribution >= 4 is 24.5 Å². The molecule has 0 aliphatic rings. The summed E-state index contributed by atoms with van der Waals surface area (Å²) in [6, 6.07) is 8.00. The molecule has 0 N–H and O–H groups in total. The Morgan fingerprint density at radius 1 is 1.00 bits per heavy atom. The fraction of sp³-hybridized carbons (Fsp3) is 0.455. The van der Waals surface area contributed by atoms with Crippen LogP contribution in [-0.2, 0) is 20.2 Å². The van der Waals surface area contributed by atoms with Crippen LogP contribution in [0, 0.1) is 0 Å². The monoisotopic (exact) mass is 306 g/mol. The third kappa shape index (κ3) is 5.37. The minimum absolute atomic E-state index is 0.513. The molecular weight excluding hydrogens is 291 g/mol. The first kappa shape index (κ1) is 14.1. The molecule has 0 heterocycles. The normalized spacial score (nSPS) is 11.0. The van der Waals surface area contributed by atoms with Crippen LogP contribution in [-0.4, -0.2) is 13.2 Å². The highest BCUT2D eigenvalue weighted by atomic mass is 79.9. The van der Waals surface area contributed by atoms with Gasteiger partial charge >= 0.3 is 8.60 Å². The van der Waals surface area contributed by atoms with E-state index in [0.717, 1.165) is 10.0 Å². The lowest BCUT2D eigenvalue weighted by molar-refractivity contribution is 0.164. The van der Waals surface area contributed by atoms with E-state index < -0.39 is 8.60 Å². The maximum Gasteiger partial charge on any atom is 0.332 e. The molecule has 90 valence electrons. The summed E-state index contributed by atoms with van der Waals surface area (Å²) in [5.74, 6) is 0. The molecule has 0 unspecified atom stereocenters. The predicted octanol–water partition coefficient (Wildman–Crippen LogP) is 4.27. The first-order valence-electron chi connectivity index (χ1n) is 5.19. The Balaban J connectivity index is 2.38. The minimum Gasteiger partial charge on any atom is -0.313 e. The molecule has 0 spiro atoms. The van der Waals surface area contributed by atoms with Crippen LogP contribution in [0.2, 0.25) is 0 Å². The van der Waals surface area contributed by atoms with Gasteiger partial charge in [-0.2, -0.15) is 0 Å². The molecule has 0 bridgehead atoms. The van der Waals surface area contributed by atoms with Gasteiger partial charge in [0.1, 0.15) is 0 Å². The molecule has 1 aromatic rings. The number of hydrogen-bond donors (Lipinski definition) is 0. The maximum atomic E-state index is 5.55.